The highest BCUT2D eigenvalue weighted by molar-refractivity contribution is 8.12. The van der Waals surface area contributed by atoms with Crippen molar-refractivity contribution in [2.24, 2.45) is 10.1 Å². The maximum Gasteiger partial charge on any atom is 0.417 e. The minimum atomic E-state index is -4.64. The SMILES string of the molecule is COC(=NSC(N)=O)c1cc(Oc2ncc(C(F)(F)F)cc2Cl)ccc1[N+](=O)[O-]. The molecule has 0 aliphatic rings. The second kappa shape index (κ2) is 8.96. The van der Waals surface area contributed by atoms with Crippen LogP contribution in [0.25, 0.3) is 0 Å². The molecule has 0 unspecified atom stereocenters. The second-order valence-electron chi connectivity index (χ2n) is 5.06. The van der Waals surface area contributed by atoms with Crippen molar-refractivity contribution in [2.75, 3.05) is 7.11 Å². The lowest BCUT2D eigenvalue weighted by Gasteiger charge is -2.11. The van der Waals surface area contributed by atoms with Crippen LogP contribution in [0.4, 0.5) is 23.7 Å². The summed E-state index contributed by atoms with van der Waals surface area (Å²) in [7, 11) is 1.16. The molecular formula is C15H10ClF3N4O5S. The van der Waals surface area contributed by atoms with Crippen LogP contribution in [0.2, 0.25) is 5.02 Å². The monoisotopic (exact) mass is 450 g/mol. The number of hydrogen-bond donors (Lipinski definition) is 1. The van der Waals surface area contributed by atoms with E-state index in [0.717, 1.165) is 19.2 Å². The number of carbonyl (C=O) groups excluding carboxylic acids is 1. The zero-order valence-electron chi connectivity index (χ0n) is 14.3. The van der Waals surface area contributed by atoms with Gasteiger partial charge in [0.2, 0.25) is 11.8 Å². The number of pyridine rings is 1. The summed E-state index contributed by atoms with van der Waals surface area (Å²) in [6.07, 6.45) is -4.11. The predicted octanol–water partition coefficient (Wildman–Crippen LogP) is 4.57. The van der Waals surface area contributed by atoms with E-state index in [1.165, 1.54) is 6.07 Å². The number of alkyl halides is 3. The Bertz CT molecular complexity index is 987. The fraction of sp³-hybridized carbons (Fsp3) is 0.133. The fourth-order valence-corrected chi connectivity index (χ4v) is 2.51. The largest absolute Gasteiger partial charge is 0.480 e. The molecule has 0 saturated heterocycles. The average Bonchev–Trinajstić information content (AvgIpc) is 2.62. The van der Waals surface area contributed by atoms with Crippen molar-refractivity contribution in [1.82, 2.24) is 4.98 Å². The number of hydrogen-bond acceptors (Lipinski definition) is 8. The van der Waals surface area contributed by atoms with Crippen LogP contribution in [0.3, 0.4) is 0 Å². The molecule has 1 aromatic carbocycles. The van der Waals surface area contributed by atoms with E-state index < -0.39 is 32.6 Å². The Labute approximate surface area is 170 Å². The Morgan fingerprint density at radius 3 is 2.59 bits per heavy atom. The maximum absolute atomic E-state index is 12.7. The van der Waals surface area contributed by atoms with Gasteiger partial charge in [0.15, 0.2) is 0 Å². The molecule has 2 aromatic rings. The van der Waals surface area contributed by atoms with E-state index in [1.807, 2.05) is 0 Å². The maximum atomic E-state index is 12.7. The Morgan fingerprint density at radius 1 is 1.38 bits per heavy atom. The van der Waals surface area contributed by atoms with Crippen LogP contribution in [0.15, 0.2) is 34.9 Å². The summed E-state index contributed by atoms with van der Waals surface area (Å²) in [6, 6.07) is 3.97. The fourth-order valence-electron chi connectivity index (χ4n) is 1.96. The van der Waals surface area contributed by atoms with E-state index in [2.05, 4.69) is 9.38 Å². The first kappa shape index (κ1) is 22.2. The van der Waals surface area contributed by atoms with Crippen molar-refractivity contribution >= 4 is 40.4 Å². The molecule has 0 bridgehead atoms. The zero-order valence-corrected chi connectivity index (χ0v) is 15.8. The molecule has 0 saturated carbocycles. The van der Waals surface area contributed by atoms with Gasteiger partial charge in [-0.15, -0.1) is 0 Å². The number of primary amides is 1. The highest BCUT2D eigenvalue weighted by atomic mass is 35.5. The molecule has 154 valence electrons. The number of rotatable bonds is 5. The van der Waals surface area contributed by atoms with Crippen molar-refractivity contribution < 1.29 is 32.4 Å². The van der Waals surface area contributed by atoms with Gasteiger partial charge in [0.05, 0.1) is 29.5 Å². The third-order valence-corrected chi connectivity index (χ3v) is 3.86. The Hall–Kier alpha value is -3.06. The van der Waals surface area contributed by atoms with E-state index in [4.69, 9.17) is 26.8 Å². The number of halogens is 4. The van der Waals surface area contributed by atoms with E-state index >= 15 is 0 Å². The third kappa shape index (κ3) is 5.71. The molecule has 0 fully saturated rings. The molecule has 29 heavy (non-hydrogen) atoms. The molecule has 0 aliphatic carbocycles. The van der Waals surface area contributed by atoms with Crippen molar-refractivity contribution in [1.29, 1.82) is 0 Å². The molecule has 2 rings (SSSR count). The van der Waals surface area contributed by atoms with Crippen LogP contribution in [-0.2, 0) is 10.9 Å². The van der Waals surface area contributed by atoms with Gasteiger partial charge in [-0.25, -0.2) is 4.98 Å². The number of carbonyl (C=O) groups is 1. The molecule has 0 atom stereocenters. The molecular weight excluding hydrogens is 441 g/mol. The van der Waals surface area contributed by atoms with Crippen LogP contribution >= 0.6 is 23.5 Å². The number of benzene rings is 1. The molecule has 1 aromatic heterocycles. The summed E-state index contributed by atoms with van der Waals surface area (Å²) in [6.45, 7) is 0. The van der Waals surface area contributed by atoms with Gasteiger partial charge >= 0.3 is 6.18 Å². The summed E-state index contributed by atoms with van der Waals surface area (Å²) in [5.41, 5.74) is 3.28. The quantitative estimate of drug-likeness (QED) is 0.232. The number of nitro groups is 1. The summed E-state index contributed by atoms with van der Waals surface area (Å²) in [5.74, 6) is -0.729. The second-order valence-corrected chi connectivity index (χ2v) is 6.23. The zero-order chi connectivity index (χ0) is 21.8. The molecule has 1 amide bonds. The van der Waals surface area contributed by atoms with Gasteiger partial charge < -0.3 is 15.2 Å². The van der Waals surface area contributed by atoms with Crippen LogP contribution in [0.5, 0.6) is 11.6 Å². The smallest absolute Gasteiger partial charge is 0.417 e. The minimum Gasteiger partial charge on any atom is -0.480 e. The van der Waals surface area contributed by atoms with Gasteiger partial charge in [0.1, 0.15) is 16.3 Å². The molecule has 0 aliphatic heterocycles. The number of aromatic nitrogens is 1. The van der Waals surface area contributed by atoms with Gasteiger partial charge in [-0.2, -0.15) is 17.6 Å². The molecule has 9 nitrogen and oxygen atoms in total. The molecule has 14 heteroatoms. The van der Waals surface area contributed by atoms with E-state index in [9.17, 15) is 28.1 Å². The van der Waals surface area contributed by atoms with E-state index in [-0.39, 0.29) is 23.1 Å². The van der Waals surface area contributed by atoms with Crippen molar-refractivity contribution in [2.45, 2.75) is 6.18 Å². The Balaban J connectivity index is 2.44. The summed E-state index contributed by atoms with van der Waals surface area (Å²) in [4.78, 5) is 24.9. The summed E-state index contributed by atoms with van der Waals surface area (Å²) in [5, 5.41) is 9.95. The molecule has 2 N–H and O–H groups in total. The number of amides is 1. The van der Waals surface area contributed by atoms with Gasteiger partial charge in [-0.1, -0.05) is 11.6 Å². The molecule has 1 heterocycles. The minimum absolute atomic E-state index is 0.0615. The first-order chi connectivity index (χ1) is 13.5. The van der Waals surface area contributed by atoms with Crippen molar-refractivity contribution in [3.63, 3.8) is 0 Å². The van der Waals surface area contributed by atoms with Gasteiger partial charge in [0, 0.05) is 18.3 Å². The normalized spacial score (nSPS) is 11.8. The van der Waals surface area contributed by atoms with E-state index in [1.54, 1.807) is 0 Å². The number of nitro benzene ring substituents is 1. The standard InChI is InChI=1S/C15H10ClF3N4O5S/c1-27-12(22-29-14(20)24)9-5-8(2-3-11(9)23(25)26)28-13-10(16)4-7(6-21-13)15(17,18)19/h2-6H,1H3,(H2,20,24). The summed E-state index contributed by atoms with van der Waals surface area (Å²) < 4.78 is 52.0. The van der Waals surface area contributed by atoms with Gasteiger partial charge in [-0.05, 0) is 12.1 Å². The van der Waals surface area contributed by atoms with Crippen LogP contribution in [-0.4, -0.2) is 28.2 Å². The third-order valence-electron chi connectivity index (χ3n) is 3.16. The number of nitrogens with zero attached hydrogens (tertiary/aromatic N) is 3. The first-order valence-electron chi connectivity index (χ1n) is 7.30. The highest BCUT2D eigenvalue weighted by Crippen LogP contribution is 2.35. The molecule has 0 radical (unpaired) electrons. The first-order valence-corrected chi connectivity index (χ1v) is 8.46. The lowest BCUT2D eigenvalue weighted by molar-refractivity contribution is -0.385. The number of methoxy groups -OCH3 is 1. The van der Waals surface area contributed by atoms with Crippen molar-refractivity contribution in [3.8, 4) is 11.6 Å². The Kier molecular flexibility index (Phi) is 6.87. The van der Waals surface area contributed by atoms with Gasteiger partial charge in [-0.3, -0.25) is 14.9 Å². The van der Waals surface area contributed by atoms with Crippen LogP contribution in [0.1, 0.15) is 11.1 Å². The van der Waals surface area contributed by atoms with Gasteiger partial charge in [0.25, 0.3) is 10.9 Å². The predicted molar refractivity (Wildman–Crippen MR) is 98.1 cm³/mol. The van der Waals surface area contributed by atoms with E-state index in [0.29, 0.717) is 24.2 Å². The van der Waals surface area contributed by atoms with Crippen LogP contribution in [0, 0.1) is 10.1 Å². The van der Waals surface area contributed by atoms with Crippen molar-refractivity contribution in [3.05, 3.63) is 56.7 Å². The topological polar surface area (TPSA) is 130 Å². The lowest BCUT2D eigenvalue weighted by Crippen LogP contribution is -2.09. The number of ether oxygens (including phenoxy) is 2. The summed E-state index contributed by atoms with van der Waals surface area (Å²) >= 11 is 6.08. The Morgan fingerprint density at radius 2 is 2.07 bits per heavy atom. The molecule has 0 spiro atoms. The van der Waals surface area contributed by atoms with Crippen LogP contribution < -0.4 is 10.5 Å². The average molecular weight is 451 g/mol. The highest BCUT2D eigenvalue weighted by Gasteiger charge is 2.32. The lowest BCUT2D eigenvalue weighted by atomic mass is 10.1. The number of nitrogens with two attached hydrogens (primary N) is 1.